The molecule has 0 saturated heterocycles. The van der Waals surface area contributed by atoms with Crippen LogP contribution in [0.4, 0.5) is 18.0 Å². The van der Waals surface area contributed by atoms with Crippen LogP contribution in [0.25, 0.3) is 0 Å². The van der Waals surface area contributed by atoms with E-state index in [1.54, 1.807) is 6.07 Å². The maximum absolute atomic E-state index is 14.1. The number of hydrogen-bond donors (Lipinski definition) is 2. The van der Waals surface area contributed by atoms with E-state index in [4.69, 9.17) is 21.4 Å². The molecule has 2 unspecified atom stereocenters. The lowest BCUT2D eigenvalue weighted by molar-refractivity contribution is -0.274. The summed E-state index contributed by atoms with van der Waals surface area (Å²) in [6, 6.07) is 9.39. The Kier molecular flexibility index (Phi) is 7.32. The number of aliphatic hydroxyl groups is 1. The quantitative estimate of drug-likeness (QED) is 0.409. The van der Waals surface area contributed by atoms with Crippen LogP contribution < -0.4 is 9.47 Å². The number of rotatable bonds is 7. The third-order valence-corrected chi connectivity index (χ3v) is 5.56. The Morgan fingerprint density at radius 3 is 2.44 bits per heavy atom. The van der Waals surface area contributed by atoms with E-state index in [2.05, 4.69) is 14.7 Å². The van der Waals surface area contributed by atoms with Gasteiger partial charge in [0.2, 0.25) is 5.88 Å². The van der Waals surface area contributed by atoms with Gasteiger partial charge in [-0.05, 0) is 48.4 Å². The van der Waals surface area contributed by atoms with Crippen molar-refractivity contribution in [3.05, 3.63) is 82.3 Å². The number of benzene rings is 1. The number of carbonyl (C=O) groups is 1. The summed E-state index contributed by atoms with van der Waals surface area (Å²) in [5.74, 6) is -1.26. The highest BCUT2D eigenvalue weighted by molar-refractivity contribution is 6.31. The number of aromatic nitrogens is 2. The molecule has 0 amide bonds. The number of nitrogens with zero attached hydrogens (tertiary/aromatic N) is 2. The highest BCUT2D eigenvalue weighted by Gasteiger charge is 2.59. The van der Waals surface area contributed by atoms with Crippen LogP contribution in [0, 0.1) is 6.92 Å². The zero-order chi connectivity index (χ0) is 25.1. The summed E-state index contributed by atoms with van der Waals surface area (Å²) in [6.45, 7) is 2.82. The first kappa shape index (κ1) is 25.3. The van der Waals surface area contributed by atoms with Gasteiger partial charge in [-0.25, -0.2) is 9.78 Å². The second-order valence-corrected chi connectivity index (χ2v) is 7.92. The minimum atomic E-state index is -4.98. The number of hydrogen-bond acceptors (Lipinski definition) is 6. The molecule has 11 heteroatoms. The van der Waals surface area contributed by atoms with Crippen LogP contribution >= 0.6 is 11.6 Å². The molecule has 0 bridgehead atoms. The van der Waals surface area contributed by atoms with Gasteiger partial charge in [-0.3, -0.25) is 4.98 Å². The van der Waals surface area contributed by atoms with Gasteiger partial charge in [-0.15, -0.1) is 0 Å². The summed E-state index contributed by atoms with van der Waals surface area (Å²) >= 11 is 6.29. The van der Waals surface area contributed by atoms with E-state index in [0.29, 0.717) is 11.3 Å². The molecule has 0 aliphatic heterocycles. The van der Waals surface area contributed by atoms with Crippen molar-refractivity contribution in [3.63, 3.8) is 0 Å². The van der Waals surface area contributed by atoms with E-state index in [0.717, 1.165) is 6.07 Å². The lowest BCUT2D eigenvalue weighted by atomic mass is 9.78. The highest BCUT2D eigenvalue weighted by atomic mass is 35.5. The van der Waals surface area contributed by atoms with Crippen molar-refractivity contribution in [2.45, 2.75) is 38.1 Å². The largest absolute Gasteiger partial charge is 0.512 e. The van der Waals surface area contributed by atoms with Crippen LogP contribution in [0.2, 0.25) is 5.02 Å². The van der Waals surface area contributed by atoms with E-state index in [-0.39, 0.29) is 34.4 Å². The normalized spacial score (nSPS) is 14.2. The molecule has 0 aliphatic carbocycles. The zero-order valence-corrected chi connectivity index (χ0v) is 18.8. The van der Waals surface area contributed by atoms with Gasteiger partial charge in [0.05, 0.1) is 0 Å². The van der Waals surface area contributed by atoms with Gasteiger partial charge in [0, 0.05) is 40.7 Å². The van der Waals surface area contributed by atoms with Gasteiger partial charge in [-0.2, -0.15) is 13.2 Å². The van der Waals surface area contributed by atoms with E-state index in [9.17, 15) is 23.1 Å². The summed E-state index contributed by atoms with van der Waals surface area (Å²) in [5, 5.41) is 19.4. The molecule has 2 aromatic heterocycles. The first-order chi connectivity index (χ1) is 15.9. The maximum atomic E-state index is 14.1. The molecule has 2 atom stereocenters. The first-order valence-corrected chi connectivity index (χ1v) is 10.3. The molecular weight excluding hydrogens is 477 g/mol. The standard InChI is InChI=1S/C23H20ClF3N2O5/c1-13-9-16(7-8-28-13)22(32,23(25,26)27)14(2)18-5-4-17(10-19(18)24)33-12-15-3-6-20(29-11-15)34-21(30)31/h3-11,14,32H,12H2,1-2H3,(H,30,31). The fourth-order valence-corrected chi connectivity index (χ4v) is 3.76. The second kappa shape index (κ2) is 9.86. The molecule has 3 aromatic rings. The third kappa shape index (κ3) is 5.40. The zero-order valence-electron chi connectivity index (χ0n) is 18.0. The van der Waals surface area contributed by atoms with E-state index in [1.807, 2.05) is 0 Å². The molecule has 3 rings (SSSR count). The van der Waals surface area contributed by atoms with Crippen LogP contribution in [0.5, 0.6) is 11.6 Å². The Morgan fingerprint density at radius 2 is 1.88 bits per heavy atom. The maximum Gasteiger partial charge on any atom is 0.512 e. The van der Waals surface area contributed by atoms with E-state index >= 15 is 0 Å². The molecule has 34 heavy (non-hydrogen) atoms. The van der Waals surface area contributed by atoms with E-state index < -0.39 is 23.9 Å². The number of carboxylic acid groups (broad SMARTS) is 1. The van der Waals surface area contributed by atoms with Gasteiger partial charge >= 0.3 is 12.3 Å². The SMILES string of the molecule is Cc1cc(C(O)(C(C)c2ccc(OCc3ccc(OC(=O)O)nc3)cc2Cl)C(F)(F)F)ccn1. The molecule has 0 aliphatic rings. The smallest absolute Gasteiger partial charge is 0.489 e. The predicted molar refractivity (Wildman–Crippen MR) is 116 cm³/mol. The molecule has 1 aromatic carbocycles. The molecular formula is C23H20ClF3N2O5. The third-order valence-electron chi connectivity index (χ3n) is 5.23. The van der Waals surface area contributed by atoms with E-state index in [1.165, 1.54) is 56.6 Å². The van der Waals surface area contributed by atoms with Crippen LogP contribution in [-0.2, 0) is 12.2 Å². The Bertz CT molecular complexity index is 1170. The van der Waals surface area contributed by atoms with Crippen LogP contribution in [0.3, 0.4) is 0 Å². The minimum Gasteiger partial charge on any atom is -0.489 e. The monoisotopic (exact) mass is 496 g/mol. The molecule has 2 N–H and O–H groups in total. The number of ether oxygens (including phenoxy) is 2. The molecule has 0 saturated carbocycles. The van der Waals surface area contributed by atoms with Gasteiger partial charge < -0.3 is 19.7 Å². The summed E-state index contributed by atoms with van der Waals surface area (Å²) in [6.07, 6.45) is -3.91. The number of aryl methyl sites for hydroxylation is 1. The topological polar surface area (TPSA) is 102 Å². The van der Waals surface area contributed by atoms with Gasteiger partial charge in [0.15, 0.2) is 5.60 Å². The summed E-state index contributed by atoms with van der Waals surface area (Å²) in [4.78, 5) is 18.2. The lowest BCUT2D eigenvalue weighted by Crippen LogP contribution is -2.46. The highest BCUT2D eigenvalue weighted by Crippen LogP contribution is 2.50. The van der Waals surface area contributed by atoms with Crippen LogP contribution in [0.1, 0.15) is 35.2 Å². The first-order valence-electron chi connectivity index (χ1n) is 9.92. The van der Waals surface area contributed by atoms with Crippen molar-refractivity contribution in [1.82, 2.24) is 9.97 Å². The molecule has 180 valence electrons. The average molecular weight is 497 g/mol. The molecule has 0 spiro atoms. The number of halogens is 4. The van der Waals surface area contributed by atoms with Crippen molar-refractivity contribution in [2.24, 2.45) is 0 Å². The molecule has 0 radical (unpaired) electrons. The second-order valence-electron chi connectivity index (χ2n) is 7.52. The minimum absolute atomic E-state index is 0.0122. The van der Waals surface area contributed by atoms with Gasteiger partial charge in [0.25, 0.3) is 0 Å². The Balaban J connectivity index is 1.81. The van der Waals surface area contributed by atoms with Crippen molar-refractivity contribution in [2.75, 3.05) is 0 Å². The summed E-state index contributed by atoms with van der Waals surface area (Å²) < 4.78 is 52.3. The van der Waals surface area contributed by atoms with Crippen molar-refractivity contribution >= 4 is 17.8 Å². The van der Waals surface area contributed by atoms with Crippen LogP contribution in [0.15, 0.2) is 54.9 Å². The van der Waals surface area contributed by atoms with Crippen molar-refractivity contribution in [1.29, 1.82) is 0 Å². The predicted octanol–water partition coefficient (Wildman–Crippen LogP) is 5.63. The van der Waals surface area contributed by atoms with Gasteiger partial charge in [0.1, 0.15) is 12.4 Å². The fraction of sp³-hybridized carbons (Fsp3) is 0.261. The molecule has 0 fully saturated rings. The molecule has 7 nitrogen and oxygen atoms in total. The Labute approximate surface area is 197 Å². The Hall–Kier alpha value is -3.37. The lowest BCUT2D eigenvalue weighted by Gasteiger charge is -2.37. The number of pyridine rings is 2. The fourth-order valence-electron chi connectivity index (χ4n) is 3.43. The molecule has 2 heterocycles. The summed E-state index contributed by atoms with van der Waals surface area (Å²) in [7, 11) is 0. The van der Waals surface area contributed by atoms with Gasteiger partial charge in [-0.1, -0.05) is 24.6 Å². The average Bonchev–Trinajstić information content (AvgIpc) is 2.76. The Morgan fingerprint density at radius 1 is 1.15 bits per heavy atom. The summed E-state index contributed by atoms with van der Waals surface area (Å²) in [5.41, 5.74) is -2.53. The van der Waals surface area contributed by atoms with Crippen molar-refractivity contribution in [3.8, 4) is 11.6 Å². The number of alkyl halides is 3. The van der Waals surface area contributed by atoms with Crippen LogP contribution in [-0.4, -0.2) is 32.5 Å². The van der Waals surface area contributed by atoms with Crippen molar-refractivity contribution < 1.29 is 37.7 Å².